The second-order valence-electron chi connectivity index (χ2n) is 4.89. The summed E-state index contributed by atoms with van der Waals surface area (Å²) in [5, 5.41) is 0. The van der Waals surface area contributed by atoms with E-state index in [0.717, 1.165) is 42.6 Å². The minimum Gasteiger partial charge on any atom is -0.339 e. The molecule has 0 atom stereocenters. The zero-order valence-electron chi connectivity index (χ0n) is 11.4. The summed E-state index contributed by atoms with van der Waals surface area (Å²) in [7, 11) is 0. The van der Waals surface area contributed by atoms with Gasteiger partial charge < -0.3 is 10.6 Å². The van der Waals surface area contributed by atoms with E-state index in [4.69, 9.17) is 5.73 Å². The van der Waals surface area contributed by atoms with E-state index in [1.807, 2.05) is 30.0 Å². The molecule has 19 heavy (non-hydrogen) atoms. The smallest absolute Gasteiger partial charge is 0.253 e. The van der Waals surface area contributed by atoms with Gasteiger partial charge in [0.25, 0.3) is 5.91 Å². The van der Waals surface area contributed by atoms with Gasteiger partial charge in [-0.1, -0.05) is 17.9 Å². The van der Waals surface area contributed by atoms with E-state index in [2.05, 4.69) is 11.8 Å². The van der Waals surface area contributed by atoms with E-state index < -0.39 is 0 Å². The van der Waals surface area contributed by atoms with Crippen LogP contribution in [-0.2, 0) is 0 Å². The van der Waals surface area contributed by atoms with Gasteiger partial charge in [0.1, 0.15) is 0 Å². The number of hydrogen-bond donors (Lipinski definition) is 1. The Bertz CT molecular complexity index is 519. The summed E-state index contributed by atoms with van der Waals surface area (Å²) in [6.45, 7) is 4.08. The topological polar surface area (TPSA) is 46.3 Å². The maximum absolute atomic E-state index is 12.4. The number of carbonyl (C=O) groups is 1. The van der Waals surface area contributed by atoms with Gasteiger partial charge in [-0.15, -0.1) is 0 Å². The Labute approximate surface area is 114 Å². The molecule has 1 aromatic rings. The molecular weight excluding hydrogens is 236 g/mol. The highest BCUT2D eigenvalue weighted by molar-refractivity contribution is 5.94. The number of aryl methyl sites for hydroxylation is 1. The molecule has 1 saturated heterocycles. The Hall–Kier alpha value is -1.79. The monoisotopic (exact) mass is 256 g/mol. The third-order valence-corrected chi connectivity index (χ3v) is 3.45. The Balaban J connectivity index is 2.22. The predicted molar refractivity (Wildman–Crippen MR) is 76.9 cm³/mol. The van der Waals surface area contributed by atoms with Gasteiger partial charge in [-0.2, -0.15) is 0 Å². The van der Waals surface area contributed by atoms with E-state index in [-0.39, 0.29) is 5.91 Å². The van der Waals surface area contributed by atoms with Crippen molar-refractivity contribution in [2.24, 2.45) is 5.73 Å². The maximum Gasteiger partial charge on any atom is 0.253 e. The molecule has 0 bridgehead atoms. The lowest BCUT2D eigenvalue weighted by Gasteiger charge is -2.26. The molecule has 3 heteroatoms. The first-order valence-electron chi connectivity index (χ1n) is 6.81. The Morgan fingerprint density at radius 1 is 1.32 bits per heavy atom. The molecule has 2 rings (SSSR count). The average molecular weight is 256 g/mol. The fraction of sp³-hybridized carbons (Fsp3) is 0.438. The predicted octanol–water partition coefficient (Wildman–Crippen LogP) is 1.93. The van der Waals surface area contributed by atoms with Crippen LogP contribution in [0.25, 0.3) is 0 Å². The molecular formula is C16H20N2O. The first-order valence-corrected chi connectivity index (χ1v) is 6.81. The van der Waals surface area contributed by atoms with E-state index in [1.165, 1.54) is 6.42 Å². The van der Waals surface area contributed by atoms with Gasteiger partial charge in [0, 0.05) is 24.2 Å². The van der Waals surface area contributed by atoms with Crippen molar-refractivity contribution in [1.82, 2.24) is 4.90 Å². The quantitative estimate of drug-likeness (QED) is 0.780. The number of rotatable bonds is 1. The number of amides is 1. The molecule has 0 unspecified atom stereocenters. The van der Waals surface area contributed by atoms with Crippen molar-refractivity contribution in [3.05, 3.63) is 34.9 Å². The maximum atomic E-state index is 12.4. The van der Waals surface area contributed by atoms with Crippen molar-refractivity contribution in [3.63, 3.8) is 0 Å². The highest BCUT2D eigenvalue weighted by Gasteiger charge is 2.18. The van der Waals surface area contributed by atoms with Gasteiger partial charge in [-0.3, -0.25) is 4.79 Å². The highest BCUT2D eigenvalue weighted by Crippen LogP contribution is 2.16. The minimum atomic E-state index is 0.121. The second-order valence-corrected chi connectivity index (χ2v) is 4.89. The lowest BCUT2D eigenvalue weighted by molar-refractivity contribution is 0.0724. The van der Waals surface area contributed by atoms with E-state index >= 15 is 0 Å². The standard InChI is InChI=1S/C16H20N2O/c1-13-7-8-15(12-14(13)6-5-9-17)16(19)18-10-3-2-4-11-18/h7-8,12H,2-4,9-11,17H2,1H3. The van der Waals surface area contributed by atoms with Crippen molar-refractivity contribution in [1.29, 1.82) is 0 Å². The fourth-order valence-corrected chi connectivity index (χ4v) is 2.32. The Kier molecular flexibility index (Phi) is 4.59. The molecule has 1 aliphatic heterocycles. The number of benzene rings is 1. The molecule has 3 nitrogen and oxygen atoms in total. The van der Waals surface area contributed by atoms with Gasteiger partial charge in [0.15, 0.2) is 0 Å². The number of nitrogens with two attached hydrogens (primary N) is 1. The van der Waals surface area contributed by atoms with Crippen LogP contribution in [0, 0.1) is 18.8 Å². The average Bonchev–Trinajstić information content (AvgIpc) is 2.46. The summed E-state index contributed by atoms with van der Waals surface area (Å²) < 4.78 is 0. The van der Waals surface area contributed by atoms with Crippen molar-refractivity contribution in [3.8, 4) is 11.8 Å². The minimum absolute atomic E-state index is 0.121. The molecule has 100 valence electrons. The molecule has 1 heterocycles. The van der Waals surface area contributed by atoms with Crippen LogP contribution in [0.4, 0.5) is 0 Å². The molecule has 1 aliphatic rings. The van der Waals surface area contributed by atoms with Gasteiger partial charge in [0.2, 0.25) is 0 Å². The van der Waals surface area contributed by atoms with Crippen molar-refractivity contribution in [2.45, 2.75) is 26.2 Å². The second kappa shape index (κ2) is 6.40. The first kappa shape index (κ1) is 13.6. The third kappa shape index (κ3) is 3.36. The lowest BCUT2D eigenvalue weighted by atomic mass is 10.0. The van der Waals surface area contributed by atoms with E-state index in [9.17, 15) is 4.79 Å². The number of piperidine rings is 1. The summed E-state index contributed by atoms with van der Waals surface area (Å²) in [5.74, 6) is 5.99. The van der Waals surface area contributed by atoms with Crippen LogP contribution in [0.5, 0.6) is 0 Å². The first-order chi connectivity index (χ1) is 9.22. The SMILES string of the molecule is Cc1ccc(C(=O)N2CCCCC2)cc1C#CCN. The van der Waals surface area contributed by atoms with Crippen LogP contribution in [0.15, 0.2) is 18.2 Å². The van der Waals surface area contributed by atoms with Crippen molar-refractivity contribution < 1.29 is 4.79 Å². The Morgan fingerprint density at radius 3 is 2.74 bits per heavy atom. The van der Waals surface area contributed by atoms with Gasteiger partial charge in [0.05, 0.1) is 6.54 Å². The zero-order chi connectivity index (χ0) is 13.7. The summed E-state index contributed by atoms with van der Waals surface area (Å²) >= 11 is 0. The molecule has 0 radical (unpaired) electrons. The molecule has 1 aromatic carbocycles. The number of carbonyl (C=O) groups excluding carboxylic acids is 1. The number of hydrogen-bond acceptors (Lipinski definition) is 2. The molecule has 0 aliphatic carbocycles. The fourth-order valence-electron chi connectivity index (χ4n) is 2.32. The van der Waals surface area contributed by atoms with Crippen LogP contribution in [0.1, 0.15) is 40.7 Å². The molecule has 0 aromatic heterocycles. The van der Waals surface area contributed by atoms with Gasteiger partial charge in [-0.05, 0) is 43.9 Å². The highest BCUT2D eigenvalue weighted by atomic mass is 16.2. The number of nitrogens with zero attached hydrogens (tertiary/aromatic N) is 1. The van der Waals surface area contributed by atoms with E-state index in [0.29, 0.717) is 6.54 Å². The number of likely N-dealkylation sites (tertiary alicyclic amines) is 1. The summed E-state index contributed by atoms with van der Waals surface area (Å²) in [4.78, 5) is 14.3. The Morgan fingerprint density at radius 2 is 2.05 bits per heavy atom. The molecule has 1 fully saturated rings. The van der Waals surface area contributed by atoms with Gasteiger partial charge >= 0.3 is 0 Å². The van der Waals surface area contributed by atoms with Crippen molar-refractivity contribution in [2.75, 3.05) is 19.6 Å². The lowest BCUT2D eigenvalue weighted by Crippen LogP contribution is -2.35. The van der Waals surface area contributed by atoms with Crippen LogP contribution in [0.3, 0.4) is 0 Å². The van der Waals surface area contributed by atoms with Crippen LogP contribution < -0.4 is 5.73 Å². The zero-order valence-corrected chi connectivity index (χ0v) is 11.4. The third-order valence-electron chi connectivity index (χ3n) is 3.45. The van der Waals surface area contributed by atoms with Crippen LogP contribution in [-0.4, -0.2) is 30.4 Å². The normalized spacial score (nSPS) is 14.7. The molecule has 0 saturated carbocycles. The van der Waals surface area contributed by atoms with E-state index in [1.54, 1.807) is 0 Å². The summed E-state index contributed by atoms with van der Waals surface area (Å²) in [6, 6.07) is 5.73. The van der Waals surface area contributed by atoms with Gasteiger partial charge in [-0.25, -0.2) is 0 Å². The van der Waals surface area contributed by atoms with Crippen LogP contribution >= 0.6 is 0 Å². The van der Waals surface area contributed by atoms with Crippen molar-refractivity contribution >= 4 is 5.91 Å². The van der Waals surface area contributed by atoms with Crippen LogP contribution in [0.2, 0.25) is 0 Å². The summed E-state index contributed by atoms with van der Waals surface area (Å²) in [5.41, 5.74) is 8.10. The molecule has 0 spiro atoms. The molecule has 1 amide bonds. The summed E-state index contributed by atoms with van der Waals surface area (Å²) in [6.07, 6.45) is 3.44. The molecule has 2 N–H and O–H groups in total. The largest absolute Gasteiger partial charge is 0.339 e.